The number of rotatable bonds is 17. The average Bonchev–Trinajstić information content (AvgIpc) is 3.20. The van der Waals surface area contributed by atoms with Crippen LogP contribution in [0.15, 0.2) is 89.4 Å². The molecule has 0 heterocycles. The zero-order valence-electron chi connectivity index (χ0n) is 33.9. The first-order valence-electron chi connectivity index (χ1n) is 20.5. The second-order valence-corrected chi connectivity index (χ2v) is 15.6. The van der Waals surface area contributed by atoms with E-state index in [0.717, 1.165) is 110 Å². The van der Waals surface area contributed by atoms with Crippen LogP contribution in [0, 0.1) is 0 Å². The summed E-state index contributed by atoms with van der Waals surface area (Å²) >= 11 is 3.91. The molecule has 1 aliphatic carbocycles. The number of benzene rings is 5. The van der Waals surface area contributed by atoms with Gasteiger partial charge in [0.2, 0.25) is 0 Å². The summed E-state index contributed by atoms with van der Waals surface area (Å²) in [6.07, 6.45) is 6.39. The number of ether oxygens (including phenoxy) is 5. The van der Waals surface area contributed by atoms with Crippen LogP contribution in [-0.4, -0.2) is 33.5 Å². The van der Waals surface area contributed by atoms with Crippen molar-refractivity contribution in [3.63, 3.8) is 0 Å². The van der Waals surface area contributed by atoms with E-state index in [2.05, 4.69) is 122 Å². The van der Waals surface area contributed by atoms with Crippen molar-refractivity contribution >= 4 is 15.9 Å². The van der Waals surface area contributed by atoms with Crippen LogP contribution in [0.3, 0.4) is 0 Å². The van der Waals surface area contributed by atoms with Gasteiger partial charge in [-0.15, -0.1) is 0 Å². The van der Waals surface area contributed by atoms with E-state index in [1.165, 1.54) is 11.1 Å². The number of nitrogens with one attached hydrogen (secondary N) is 1. The van der Waals surface area contributed by atoms with Gasteiger partial charge < -0.3 is 29.0 Å². The Labute approximate surface area is 343 Å². The molecule has 0 spiro atoms. The Morgan fingerprint density at radius 2 is 0.821 bits per heavy atom. The lowest BCUT2D eigenvalue weighted by atomic mass is 9.90. The normalized spacial score (nSPS) is 12.2. The number of para-hydroxylation sites is 2. The number of fused-ring (bicyclic) bond motifs is 8. The average molecular weight is 821 g/mol. The van der Waals surface area contributed by atoms with Crippen LogP contribution in [-0.2, 0) is 38.8 Å². The maximum Gasteiger partial charge on any atom is 0.126 e. The fraction of sp³-hybridized carbons (Fsp3) is 0.388. The molecule has 5 aromatic rings. The first-order chi connectivity index (χ1) is 27.4. The Morgan fingerprint density at radius 3 is 1.23 bits per heavy atom. The van der Waals surface area contributed by atoms with Crippen LogP contribution < -0.4 is 29.0 Å². The Kier molecular flexibility index (Phi) is 15.2. The summed E-state index contributed by atoms with van der Waals surface area (Å²) in [5, 5.41) is 3.71. The molecule has 0 saturated heterocycles. The monoisotopic (exact) mass is 819 g/mol. The van der Waals surface area contributed by atoms with Gasteiger partial charge in [-0.25, -0.2) is 0 Å². The summed E-state index contributed by atoms with van der Waals surface area (Å²) in [6, 6.07) is 30.5. The first-order valence-corrected chi connectivity index (χ1v) is 21.3. The molecule has 5 aromatic carbocycles. The highest BCUT2D eigenvalue weighted by Crippen LogP contribution is 2.40. The molecule has 0 amide bonds. The largest absolute Gasteiger partial charge is 0.497 e. The molecule has 6 rings (SSSR count). The van der Waals surface area contributed by atoms with E-state index >= 15 is 0 Å². The van der Waals surface area contributed by atoms with Gasteiger partial charge >= 0.3 is 0 Å². The molecule has 6 nitrogen and oxygen atoms in total. The van der Waals surface area contributed by atoms with Crippen molar-refractivity contribution in [3.05, 3.63) is 145 Å². The second-order valence-electron chi connectivity index (χ2n) is 14.7. The third-order valence-electron chi connectivity index (χ3n) is 10.0. The molecule has 8 bridgehead atoms. The van der Waals surface area contributed by atoms with Crippen molar-refractivity contribution in [2.24, 2.45) is 0 Å². The molecule has 1 aliphatic rings. The van der Waals surface area contributed by atoms with E-state index in [9.17, 15) is 0 Å². The number of hydrogen-bond donors (Lipinski definition) is 1. The molecular weight excluding hydrogens is 762 g/mol. The van der Waals surface area contributed by atoms with Gasteiger partial charge in [0.15, 0.2) is 0 Å². The van der Waals surface area contributed by atoms with Crippen molar-refractivity contribution in [2.45, 2.75) is 92.2 Å². The first kappa shape index (κ1) is 41.2. The number of halogens is 1. The SMILES string of the molecule is CCCOc1c2cccc1Cc1cc(Br)cc(c1OCCC)Cc1cc(CNCc3ccc(OC)cc3)cc(c1OCCC)Cc1cccc(c1OCCC)C2. The highest BCUT2D eigenvalue weighted by molar-refractivity contribution is 9.10. The maximum absolute atomic E-state index is 6.77. The van der Waals surface area contributed by atoms with Gasteiger partial charge in [0.1, 0.15) is 28.7 Å². The van der Waals surface area contributed by atoms with E-state index in [4.69, 9.17) is 23.7 Å². The molecule has 0 atom stereocenters. The van der Waals surface area contributed by atoms with E-state index < -0.39 is 0 Å². The Balaban J connectivity index is 1.54. The second kappa shape index (κ2) is 20.6. The minimum Gasteiger partial charge on any atom is -0.497 e. The van der Waals surface area contributed by atoms with E-state index in [-0.39, 0.29) is 0 Å². The molecule has 7 heteroatoms. The lowest BCUT2D eigenvalue weighted by Crippen LogP contribution is -2.14. The van der Waals surface area contributed by atoms with Crippen molar-refractivity contribution in [2.75, 3.05) is 33.5 Å². The predicted molar refractivity (Wildman–Crippen MR) is 231 cm³/mol. The molecule has 0 aliphatic heterocycles. The van der Waals surface area contributed by atoms with Gasteiger partial charge in [0.25, 0.3) is 0 Å². The highest BCUT2D eigenvalue weighted by atomic mass is 79.9. The molecule has 0 fully saturated rings. The van der Waals surface area contributed by atoms with E-state index in [1.807, 2.05) is 12.1 Å². The third kappa shape index (κ3) is 10.5. The molecular formula is C49H58BrNO5. The standard InChI is InChI=1S/C49H58BrNO5/c1-6-20-53-46-36-12-10-14-38(46)27-40-24-35(33-51-32-34-16-18-45(52-5)19-17-34)25-41(48(40)55-22-8-3)29-43-31-44(50)30-42(49(43)56-23-9-4)28-39-15-11-13-37(26-36)47(39)54-21-7-2/h10-19,24-25,30-31,51H,6-9,20-23,26-29,32-33H2,1-5H3. The fourth-order valence-electron chi connectivity index (χ4n) is 7.47. The van der Waals surface area contributed by atoms with Crippen LogP contribution in [0.1, 0.15) is 109 Å². The zero-order valence-corrected chi connectivity index (χ0v) is 35.5. The molecule has 56 heavy (non-hydrogen) atoms. The molecule has 0 unspecified atom stereocenters. The minimum absolute atomic E-state index is 0.631. The summed E-state index contributed by atoms with van der Waals surface area (Å²) in [7, 11) is 1.70. The minimum atomic E-state index is 0.631. The topological polar surface area (TPSA) is 58.2 Å². The van der Waals surface area contributed by atoms with Crippen LogP contribution >= 0.6 is 15.9 Å². The van der Waals surface area contributed by atoms with Gasteiger partial charge in [-0.2, -0.15) is 0 Å². The lowest BCUT2D eigenvalue weighted by Gasteiger charge is -2.23. The molecule has 0 radical (unpaired) electrons. The molecule has 1 N–H and O–H groups in total. The summed E-state index contributed by atoms with van der Waals surface area (Å²) in [4.78, 5) is 0. The van der Waals surface area contributed by atoms with Gasteiger partial charge in [-0.3, -0.25) is 0 Å². The van der Waals surface area contributed by atoms with Crippen molar-refractivity contribution < 1.29 is 23.7 Å². The third-order valence-corrected chi connectivity index (χ3v) is 10.5. The zero-order chi connectivity index (χ0) is 39.3. The fourth-order valence-corrected chi connectivity index (χ4v) is 8.02. The molecule has 296 valence electrons. The highest BCUT2D eigenvalue weighted by Gasteiger charge is 2.23. The Morgan fingerprint density at radius 1 is 0.464 bits per heavy atom. The Bertz CT molecular complexity index is 2040. The van der Waals surface area contributed by atoms with E-state index in [1.54, 1.807) is 7.11 Å². The van der Waals surface area contributed by atoms with Crippen LogP contribution in [0.25, 0.3) is 0 Å². The number of methoxy groups -OCH3 is 1. The number of hydrogen-bond acceptors (Lipinski definition) is 6. The maximum atomic E-state index is 6.77. The van der Waals surface area contributed by atoms with Crippen LogP contribution in [0.5, 0.6) is 28.7 Å². The predicted octanol–water partition coefficient (Wildman–Crippen LogP) is 11.6. The summed E-state index contributed by atoms with van der Waals surface area (Å²) in [6.45, 7) is 12.7. The van der Waals surface area contributed by atoms with Crippen molar-refractivity contribution in [1.29, 1.82) is 0 Å². The van der Waals surface area contributed by atoms with Gasteiger partial charge in [-0.05, 0) is 94.5 Å². The quantitative estimate of drug-likeness (QED) is 0.0989. The van der Waals surface area contributed by atoms with Gasteiger partial charge in [0.05, 0.1) is 33.5 Å². The van der Waals surface area contributed by atoms with Gasteiger partial charge in [-0.1, -0.05) is 104 Å². The molecule has 0 aromatic heterocycles. The van der Waals surface area contributed by atoms with Crippen LogP contribution in [0.2, 0.25) is 0 Å². The van der Waals surface area contributed by atoms with Crippen LogP contribution in [0.4, 0.5) is 0 Å². The van der Waals surface area contributed by atoms with Crippen molar-refractivity contribution in [3.8, 4) is 28.7 Å². The summed E-state index contributed by atoms with van der Waals surface area (Å²) in [5.74, 6) is 4.68. The van der Waals surface area contributed by atoms with Gasteiger partial charge in [0, 0.05) is 54.4 Å². The smallest absolute Gasteiger partial charge is 0.126 e. The van der Waals surface area contributed by atoms with Crippen molar-refractivity contribution in [1.82, 2.24) is 5.32 Å². The lowest BCUT2D eigenvalue weighted by molar-refractivity contribution is 0.304. The molecule has 0 saturated carbocycles. The summed E-state index contributed by atoms with van der Waals surface area (Å²) in [5.41, 5.74) is 11.6. The van der Waals surface area contributed by atoms with E-state index in [0.29, 0.717) is 58.7 Å². The summed E-state index contributed by atoms with van der Waals surface area (Å²) < 4.78 is 33.2. The Hall–Kier alpha value is -4.46.